The highest BCUT2D eigenvalue weighted by molar-refractivity contribution is 7.99. The van der Waals surface area contributed by atoms with E-state index < -0.39 is 0 Å². The van der Waals surface area contributed by atoms with E-state index in [1.54, 1.807) is 0 Å². The zero-order chi connectivity index (χ0) is 14.4. The average Bonchev–Trinajstić information content (AvgIpc) is 2.84. The van der Waals surface area contributed by atoms with Gasteiger partial charge in [0.15, 0.2) is 0 Å². The lowest BCUT2D eigenvalue weighted by molar-refractivity contribution is 0.510. The van der Waals surface area contributed by atoms with Gasteiger partial charge in [0.05, 0.1) is 5.69 Å². The van der Waals surface area contributed by atoms with Crippen LogP contribution in [-0.2, 0) is 13.0 Å². The lowest BCUT2D eigenvalue weighted by atomic mass is 10.0. The van der Waals surface area contributed by atoms with Gasteiger partial charge in [-0.25, -0.2) is 0 Å². The molecule has 1 fully saturated rings. The van der Waals surface area contributed by atoms with E-state index in [9.17, 15) is 0 Å². The van der Waals surface area contributed by atoms with Gasteiger partial charge in [0.1, 0.15) is 0 Å². The molecular formula is C15H28N4S. The van der Waals surface area contributed by atoms with Gasteiger partial charge in [-0.3, -0.25) is 16.0 Å². The third-order valence-electron chi connectivity index (χ3n) is 4.06. The van der Waals surface area contributed by atoms with Crippen molar-refractivity contribution in [1.29, 1.82) is 0 Å². The van der Waals surface area contributed by atoms with Gasteiger partial charge in [-0.05, 0) is 32.8 Å². The Morgan fingerprint density at radius 2 is 2.20 bits per heavy atom. The molecule has 2 rings (SSSR count). The number of nitrogens with zero attached hydrogens (tertiary/aromatic N) is 2. The van der Waals surface area contributed by atoms with Gasteiger partial charge in [0.25, 0.3) is 0 Å². The van der Waals surface area contributed by atoms with Crippen molar-refractivity contribution in [2.75, 3.05) is 5.75 Å². The second-order valence-electron chi connectivity index (χ2n) is 5.75. The van der Waals surface area contributed by atoms with Crippen molar-refractivity contribution in [3.05, 3.63) is 17.5 Å². The van der Waals surface area contributed by atoms with Crippen LogP contribution in [0.1, 0.15) is 50.4 Å². The van der Waals surface area contributed by atoms with Gasteiger partial charge in [0.2, 0.25) is 0 Å². The molecule has 1 heterocycles. The van der Waals surface area contributed by atoms with Crippen LogP contribution in [0.2, 0.25) is 0 Å². The van der Waals surface area contributed by atoms with Crippen LogP contribution in [0.3, 0.4) is 0 Å². The molecule has 20 heavy (non-hydrogen) atoms. The Morgan fingerprint density at radius 1 is 1.45 bits per heavy atom. The number of rotatable bonds is 7. The third-order valence-corrected chi connectivity index (χ3v) is 5.60. The minimum Gasteiger partial charge on any atom is -0.271 e. The van der Waals surface area contributed by atoms with Gasteiger partial charge in [-0.15, -0.1) is 0 Å². The first kappa shape index (κ1) is 15.9. The quantitative estimate of drug-likeness (QED) is 0.600. The van der Waals surface area contributed by atoms with Gasteiger partial charge < -0.3 is 0 Å². The van der Waals surface area contributed by atoms with Crippen LogP contribution in [0.5, 0.6) is 0 Å². The first-order valence-electron chi connectivity index (χ1n) is 7.84. The van der Waals surface area contributed by atoms with Crippen molar-refractivity contribution in [2.45, 2.75) is 70.2 Å². The largest absolute Gasteiger partial charge is 0.271 e. The molecule has 0 amide bonds. The Morgan fingerprint density at radius 3 is 2.85 bits per heavy atom. The Balaban J connectivity index is 1.84. The number of thioether (sulfide) groups is 1. The molecule has 1 aliphatic rings. The summed E-state index contributed by atoms with van der Waals surface area (Å²) in [6.45, 7) is 5.12. The van der Waals surface area contributed by atoms with Gasteiger partial charge in [-0.1, -0.05) is 19.3 Å². The van der Waals surface area contributed by atoms with Crippen LogP contribution in [-0.4, -0.2) is 26.8 Å². The minimum atomic E-state index is 0.336. The standard InChI is InChI=1S/C15H28N4S/c1-3-19-14(9-12(2)18-19)10-13(17-16)11-20-15-7-5-4-6-8-15/h9,13,15,17H,3-8,10-11,16H2,1-2H3. The number of hydrogen-bond acceptors (Lipinski definition) is 4. The van der Waals surface area contributed by atoms with Crippen LogP contribution in [0.25, 0.3) is 0 Å². The molecule has 0 saturated heterocycles. The van der Waals surface area contributed by atoms with Crippen molar-refractivity contribution in [3.8, 4) is 0 Å². The van der Waals surface area contributed by atoms with E-state index in [-0.39, 0.29) is 0 Å². The molecule has 1 unspecified atom stereocenters. The molecule has 0 bridgehead atoms. The highest BCUT2D eigenvalue weighted by atomic mass is 32.2. The lowest BCUT2D eigenvalue weighted by Crippen LogP contribution is -2.39. The molecule has 0 radical (unpaired) electrons. The summed E-state index contributed by atoms with van der Waals surface area (Å²) in [5, 5.41) is 5.35. The SMILES string of the molecule is CCn1nc(C)cc1CC(CSC1CCCCC1)NN. The summed E-state index contributed by atoms with van der Waals surface area (Å²) in [7, 11) is 0. The van der Waals surface area contributed by atoms with Gasteiger partial charge in [-0.2, -0.15) is 16.9 Å². The molecule has 1 aromatic heterocycles. The summed E-state index contributed by atoms with van der Waals surface area (Å²) >= 11 is 2.10. The summed E-state index contributed by atoms with van der Waals surface area (Å²) < 4.78 is 2.09. The van der Waals surface area contributed by atoms with Crippen LogP contribution in [0, 0.1) is 6.92 Å². The van der Waals surface area contributed by atoms with Gasteiger partial charge >= 0.3 is 0 Å². The summed E-state index contributed by atoms with van der Waals surface area (Å²) in [6.07, 6.45) is 7.96. The maximum absolute atomic E-state index is 5.74. The minimum absolute atomic E-state index is 0.336. The van der Waals surface area contributed by atoms with Crippen molar-refractivity contribution in [2.24, 2.45) is 5.84 Å². The second-order valence-corrected chi connectivity index (χ2v) is 7.09. The molecule has 1 aliphatic carbocycles. The number of aromatic nitrogens is 2. The predicted molar refractivity (Wildman–Crippen MR) is 86.8 cm³/mol. The normalized spacial score (nSPS) is 18.4. The topological polar surface area (TPSA) is 55.9 Å². The Hall–Kier alpha value is -0.520. The lowest BCUT2D eigenvalue weighted by Gasteiger charge is -2.23. The van der Waals surface area contributed by atoms with Crippen molar-refractivity contribution >= 4 is 11.8 Å². The van der Waals surface area contributed by atoms with Crippen molar-refractivity contribution in [3.63, 3.8) is 0 Å². The van der Waals surface area contributed by atoms with E-state index in [4.69, 9.17) is 5.84 Å². The van der Waals surface area contributed by atoms with E-state index in [0.717, 1.165) is 29.7 Å². The fraction of sp³-hybridized carbons (Fsp3) is 0.800. The van der Waals surface area contributed by atoms with Crippen molar-refractivity contribution in [1.82, 2.24) is 15.2 Å². The molecule has 0 aromatic carbocycles. The zero-order valence-corrected chi connectivity index (χ0v) is 13.6. The van der Waals surface area contributed by atoms with E-state index in [0.29, 0.717) is 6.04 Å². The Labute approximate surface area is 126 Å². The predicted octanol–water partition coefficient (Wildman–Crippen LogP) is 2.65. The number of nitrogens with one attached hydrogen (secondary N) is 1. The maximum Gasteiger partial charge on any atom is 0.0596 e. The molecule has 1 aromatic rings. The molecule has 0 spiro atoms. The Kier molecular flexibility index (Phi) is 6.39. The molecule has 0 aliphatic heterocycles. The monoisotopic (exact) mass is 296 g/mol. The maximum atomic E-state index is 5.74. The highest BCUT2D eigenvalue weighted by Crippen LogP contribution is 2.28. The molecule has 5 heteroatoms. The van der Waals surface area contributed by atoms with Crippen molar-refractivity contribution < 1.29 is 0 Å². The van der Waals surface area contributed by atoms with Gasteiger partial charge in [0, 0.05) is 35.7 Å². The first-order valence-corrected chi connectivity index (χ1v) is 8.88. The molecular weight excluding hydrogens is 268 g/mol. The van der Waals surface area contributed by atoms with E-state index in [1.807, 2.05) is 0 Å². The first-order chi connectivity index (χ1) is 9.72. The summed E-state index contributed by atoms with van der Waals surface area (Å²) in [5.74, 6) is 6.83. The van der Waals surface area contributed by atoms with Crippen LogP contribution in [0.15, 0.2) is 6.07 Å². The van der Waals surface area contributed by atoms with E-state index in [1.165, 1.54) is 37.8 Å². The molecule has 3 N–H and O–H groups in total. The molecule has 4 nitrogen and oxygen atoms in total. The smallest absolute Gasteiger partial charge is 0.0596 e. The van der Waals surface area contributed by atoms with Crippen LogP contribution < -0.4 is 11.3 Å². The number of nitrogens with two attached hydrogens (primary N) is 1. The third kappa shape index (κ3) is 4.50. The van der Waals surface area contributed by atoms with E-state index >= 15 is 0 Å². The fourth-order valence-electron chi connectivity index (χ4n) is 2.94. The zero-order valence-electron chi connectivity index (χ0n) is 12.8. The molecule has 1 atom stereocenters. The molecule has 1 saturated carbocycles. The highest BCUT2D eigenvalue weighted by Gasteiger charge is 2.17. The van der Waals surface area contributed by atoms with E-state index in [2.05, 4.69) is 46.9 Å². The molecule has 114 valence electrons. The summed E-state index contributed by atoms with van der Waals surface area (Å²) in [6, 6.07) is 2.52. The average molecular weight is 296 g/mol. The number of aryl methyl sites for hydroxylation is 2. The summed E-state index contributed by atoms with van der Waals surface area (Å²) in [4.78, 5) is 0. The number of hydrazine groups is 1. The second kappa shape index (κ2) is 8.05. The van der Waals surface area contributed by atoms with Crippen LogP contribution in [0.4, 0.5) is 0 Å². The Bertz CT molecular complexity index is 399. The van der Waals surface area contributed by atoms with Crippen LogP contribution >= 0.6 is 11.8 Å². The fourth-order valence-corrected chi connectivity index (χ4v) is 4.32. The summed E-state index contributed by atoms with van der Waals surface area (Å²) in [5.41, 5.74) is 5.37. The number of hydrogen-bond donors (Lipinski definition) is 2.